The highest BCUT2D eigenvalue weighted by atomic mass is 32.2. The summed E-state index contributed by atoms with van der Waals surface area (Å²) in [6, 6.07) is 0. The predicted octanol–water partition coefficient (Wildman–Crippen LogP) is 2.43. The number of alkyl halides is 2. The molecule has 0 radical (unpaired) electrons. The van der Waals surface area contributed by atoms with Gasteiger partial charge in [-0.15, -0.1) is 0 Å². The highest BCUT2D eigenvalue weighted by molar-refractivity contribution is 7.88. The number of allylic oxidation sites excluding steroid dienone is 2. The van der Waals surface area contributed by atoms with Crippen LogP contribution in [0.4, 0.5) is 8.78 Å². The lowest BCUT2D eigenvalue weighted by Crippen LogP contribution is -2.27. The van der Waals surface area contributed by atoms with E-state index in [-0.39, 0.29) is 5.76 Å². The van der Waals surface area contributed by atoms with E-state index < -0.39 is 17.6 Å². The van der Waals surface area contributed by atoms with Crippen LogP contribution in [0.3, 0.4) is 0 Å². The van der Waals surface area contributed by atoms with Gasteiger partial charge >= 0.3 is 6.61 Å². The van der Waals surface area contributed by atoms with Gasteiger partial charge in [0.05, 0.1) is 10.5 Å². The third-order valence-corrected chi connectivity index (χ3v) is 3.70. The molecule has 1 atom stereocenters. The number of hydrogen-bond acceptors (Lipinski definition) is 3. The first-order chi connectivity index (χ1) is 8.42. The Morgan fingerprint density at radius 2 is 2.22 bits per heavy atom. The van der Waals surface area contributed by atoms with Crippen LogP contribution in [0, 0.1) is 0 Å². The molecule has 0 spiro atoms. The van der Waals surface area contributed by atoms with E-state index in [4.69, 9.17) is 0 Å². The third kappa shape index (κ3) is 2.95. The summed E-state index contributed by atoms with van der Waals surface area (Å²) < 4.78 is 44.7. The van der Waals surface area contributed by atoms with Crippen molar-refractivity contribution in [3.05, 3.63) is 22.3 Å². The highest BCUT2D eigenvalue weighted by Gasteiger charge is 2.30. The number of rotatable bonds is 3. The molecule has 4 nitrogen and oxygen atoms in total. The Morgan fingerprint density at radius 1 is 1.61 bits per heavy atom. The van der Waals surface area contributed by atoms with Gasteiger partial charge in [-0.1, -0.05) is 6.08 Å². The normalized spacial score (nSPS) is 24.5. The Bertz CT molecular complexity index is 444. The Kier molecular flexibility index (Phi) is 5.01. The van der Waals surface area contributed by atoms with Crippen LogP contribution in [0.2, 0.25) is 0 Å². The molecule has 0 aliphatic carbocycles. The van der Waals surface area contributed by atoms with E-state index in [2.05, 4.69) is 9.13 Å². The quantitative estimate of drug-likeness (QED) is 0.745. The minimum Gasteiger partial charge on any atom is -0.439 e. The molecule has 0 aromatic heterocycles. The average Bonchev–Trinajstić information content (AvgIpc) is 2.64. The number of likely N-dealkylation sites (N-methyl/N-ethyl adjacent to an activating group) is 1. The van der Waals surface area contributed by atoms with E-state index in [9.17, 15) is 13.0 Å². The highest BCUT2D eigenvalue weighted by Crippen LogP contribution is 2.30. The maximum absolute atomic E-state index is 12.3. The second-order valence-corrected chi connectivity index (χ2v) is 4.76. The summed E-state index contributed by atoms with van der Waals surface area (Å²) in [6.45, 7) is 2.72. The van der Waals surface area contributed by atoms with E-state index in [1.165, 1.54) is 6.92 Å². The zero-order valence-corrected chi connectivity index (χ0v) is 11.6. The molecule has 0 saturated carbocycles. The van der Waals surface area contributed by atoms with Crippen molar-refractivity contribution in [2.75, 3.05) is 13.6 Å². The second-order valence-electron chi connectivity index (χ2n) is 3.64. The summed E-state index contributed by atoms with van der Waals surface area (Å²) in [5.74, 6) is 0.449. The van der Waals surface area contributed by atoms with Crippen molar-refractivity contribution in [3.8, 4) is 0 Å². The summed E-state index contributed by atoms with van der Waals surface area (Å²) in [5.41, 5.74) is 0.389. The van der Waals surface area contributed by atoms with Gasteiger partial charge in [-0.25, -0.2) is 4.21 Å². The smallest absolute Gasteiger partial charge is 0.387 e. The summed E-state index contributed by atoms with van der Waals surface area (Å²) in [7, 11) is 0.201. The molecule has 0 bridgehead atoms. The fourth-order valence-corrected chi connectivity index (χ4v) is 2.65. The monoisotopic (exact) mass is 278 g/mol. The number of amidine groups is 1. The molecular weight excluding hydrogens is 262 g/mol. The number of ether oxygens (including phenoxy) is 1. The van der Waals surface area contributed by atoms with Gasteiger partial charge in [0.25, 0.3) is 0 Å². The fourth-order valence-electron chi connectivity index (χ4n) is 1.55. The Balaban J connectivity index is 3.25. The molecule has 0 amide bonds. The maximum atomic E-state index is 12.3. The van der Waals surface area contributed by atoms with E-state index in [0.29, 0.717) is 22.9 Å². The average molecular weight is 278 g/mol. The van der Waals surface area contributed by atoms with Gasteiger partial charge in [0.15, 0.2) is 16.8 Å². The molecule has 1 aliphatic rings. The van der Waals surface area contributed by atoms with Crippen molar-refractivity contribution < 1.29 is 17.7 Å². The molecule has 0 saturated heterocycles. The molecule has 0 N–H and O–H groups in total. The SMILES string of the molecule is CC=C1C(=C(C)OC(F)F)C(N(C)CC)=NS1=O. The standard InChI is InChI=1S/C11H16F2N2O2S/c1-5-8-9(7(3)17-11(12)13)10(14-18(8)16)15(4)6-2/h5,11H,6H2,1-4H3. The van der Waals surface area contributed by atoms with Gasteiger partial charge in [0.1, 0.15) is 5.76 Å². The van der Waals surface area contributed by atoms with Crippen LogP contribution >= 0.6 is 0 Å². The number of nitrogens with zero attached hydrogens (tertiary/aromatic N) is 2. The van der Waals surface area contributed by atoms with E-state index in [1.807, 2.05) is 6.92 Å². The molecule has 1 unspecified atom stereocenters. The molecular formula is C11H16F2N2O2S. The molecule has 1 heterocycles. The zero-order valence-electron chi connectivity index (χ0n) is 10.7. The van der Waals surface area contributed by atoms with Crippen molar-refractivity contribution in [1.29, 1.82) is 0 Å². The molecule has 0 fully saturated rings. The van der Waals surface area contributed by atoms with Crippen molar-refractivity contribution >= 4 is 16.8 Å². The first kappa shape index (κ1) is 14.8. The number of halogens is 2. The lowest BCUT2D eigenvalue weighted by atomic mass is 10.1. The van der Waals surface area contributed by atoms with Gasteiger partial charge in [0.2, 0.25) is 0 Å². The van der Waals surface area contributed by atoms with Crippen LogP contribution in [0.25, 0.3) is 0 Å². The van der Waals surface area contributed by atoms with Crippen LogP contribution in [0.5, 0.6) is 0 Å². The summed E-state index contributed by atoms with van der Waals surface area (Å²) in [5, 5.41) is 0. The van der Waals surface area contributed by atoms with Crippen LogP contribution < -0.4 is 0 Å². The first-order valence-electron chi connectivity index (χ1n) is 5.46. The van der Waals surface area contributed by atoms with Crippen LogP contribution in [0.1, 0.15) is 20.8 Å². The third-order valence-electron chi connectivity index (χ3n) is 2.54. The molecule has 0 aromatic rings. The maximum Gasteiger partial charge on any atom is 0.387 e. The van der Waals surface area contributed by atoms with Gasteiger partial charge in [0, 0.05) is 13.6 Å². The first-order valence-corrected chi connectivity index (χ1v) is 6.57. The lowest BCUT2D eigenvalue weighted by Gasteiger charge is -2.18. The van der Waals surface area contributed by atoms with Crippen LogP contribution in [0.15, 0.2) is 26.7 Å². The molecule has 1 aliphatic heterocycles. The molecule has 18 heavy (non-hydrogen) atoms. The van der Waals surface area contributed by atoms with Crippen molar-refractivity contribution in [3.63, 3.8) is 0 Å². The largest absolute Gasteiger partial charge is 0.439 e. The van der Waals surface area contributed by atoms with Crippen molar-refractivity contribution in [2.45, 2.75) is 27.4 Å². The Labute approximate surface area is 108 Å². The fraction of sp³-hybridized carbons (Fsp3) is 0.545. The Morgan fingerprint density at radius 3 is 2.67 bits per heavy atom. The molecule has 7 heteroatoms. The van der Waals surface area contributed by atoms with Crippen LogP contribution in [-0.4, -0.2) is 35.1 Å². The molecule has 0 aromatic carbocycles. The van der Waals surface area contributed by atoms with Gasteiger partial charge in [-0.2, -0.15) is 13.2 Å². The van der Waals surface area contributed by atoms with Crippen molar-refractivity contribution in [2.24, 2.45) is 4.40 Å². The van der Waals surface area contributed by atoms with E-state index in [0.717, 1.165) is 0 Å². The Hall–Kier alpha value is -1.24. The zero-order chi connectivity index (χ0) is 13.9. The lowest BCUT2D eigenvalue weighted by molar-refractivity contribution is -0.0958. The summed E-state index contributed by atoms with van der Waals surface area (Å²) >= 11 is 0. The predicted molar refractivity (Wildman–Crippen MR) is 67.4 cm³/mol. The van der Waals surface area contributed by atoms with Crippen molar-refractivity contribution in [1.82, 2.24) is 4.90 Å². The second kappa shape index (κ2) is 6.08. The minimum absolute atomic E-state index is 0.0306. The van der Waals surface area contributed by atoms with Gasteiger partial charge in [-0.05, 0) is 20.8 Å². The summed E-state index contributed by atoms with van der Waals surface area (Å²) in [6.07, 6.45) is 1.60. The van der Waals surface area contributed by atoms with E-state index in [1.54, 1.807) is 24.9 Å². The summed E-state index contributed by atoms with van der Waals surface area (Å²) in [4.78, 5) is 2.14. The van der Waals surface area contributed by atoms with Gasteiger partial charge in [-0.3, -0.25) is 0 Å². The molecule has 102 valence electrons. The topological polar surface area (TPSA) is 41.9 Å². The molecule has 1 rings (SSSR count). The van der Waals surface area contributed by atoms with Crippen LogP contribution in [-0.2, 0) is 15.7 Å². The van der Waals surface area contributed by atoms with Gasteiger partial charge < -0.3 is 9.64 Å². The minimum atomic E-state index is -2.90. The number of hydrogen-bond donors (Lipinski definition) is 0. The van der Waals surface area contributed by atoms with E-state index >= 15 is 0 Å².